The summed E-state index contributed by atoms with van der Waals surface area (Å²) in [5.41, 5.74) is 0.406. The highest BCUT2D eigenvalue weighted by Crippen LogP contribution is 2.30. The quantitative estimate of drug-likeness (QED) is 0.825. The van der Waals surface area contributed by atoms with Crippen molar-refractivity contribution >= 4 is 29.1 Å². The van der Waals surface area contributed by atoms with Crippen LogP contribution < -0.4 is 10.7 Å². The second kappa shape index (κ2) is 7.03. The largest absolute Gasteiger partial charge is 0.431 e. The fourth-order valence-corrected chi connectivity index (χ4v) is 3.24. The monoisotopic (exact) mass is 379 g/mol. The first-order chi connectivity index (χ1) is 12.3. The Morgan fingerprint density at radius 3 is 2.31 bits per heavy atom. The van der Waals surface area contributed by atoms with Gasteiger partial charge in [-0.2, -0.15) is 18.3 Å². The zero-order valence-corrected chi connectivity index (χ0v) is 14.6. The van der Waals surface area contributed by atoms with Crippen molar-refractivity contribution < 1.29 is 18.0 Å². The Kier molecular flexibility index (Phi) is 4.95. The molecule has 1 heterocycles. The first kappa shape index (κ1) is 18.3. The van der Waals surface area contributed by atoms with E-state index < -0.39 is 29.8 Å². The highest BCUT2D eigenvalue weighted by Gasteiger charge is 2.48. The van der Waals surface area contributed by atoms with Crippen LogP contribution in [0.25, 0.3) is 0 Å². The van der Waals surface area contributed by atoms with E-state index in [0.29, 0.717) is 5.69 Å². The van der Waals surface area contributed by atoms with Gasteiger partial charge in [0.2, 0.25) is 0 Å². The molecule has 1 unspecified atom stereocenters. The van der Waals surface area contributed by atoms with Gasteiger partial charge in [-0.05, 0) is 43.3 Å². The lowest BCUT2D eigenvalue weighted by Crippen LogP contribution is -2.48. The van der Waals surface area contributed by atoms with Crippen molar-refractivity contribution in [2.24, 2.45) is 5.10 Å². The van der Waals surface area contributed by atoms with Crippen LogP contribution in [0.4, 0.5) is 18.9 Å². The van der Waals surface area contributed by atoms with Crippen molar-refractivity contribution in [2.75, 3.05) is 5.32 Å². The molecular weight excluding hydrogens is 363 g/mol. The Morgan fingerprint density at radius 2 is 1.73 bits per heavy atom. The first-order valence-corrected chi connectivity index (χ1v) is 8.63. The summed E-state index contributed by atoms with van der Waals surface area (Å²) in [6.45, 7) is 1.39. The van der Waals surface area contributed by atoms with Crippen LogP contribution in [0.2, 0.25) is 0 Å². The second-order valence-corrected chi connectivity index (χ2v) is 7.22. The summed E-state index contributed by atoms with van der Waals surface area (Å²) >= 11 is 1.57. The van der Waals surface area contributed by atoms with Gasteiger partial charge in [-0.1, -0.05) is 30.0 Å². The maximum Gasteiger partial charge on any atom is 0.431 e. The van der Waals surface area contributed by atoms with E-state index in [1.54, 1.807) is 23.9 Å². The Bertz CT molecular complexity index is 822. The van der Waals surface area contributed by atoms with Gasteiger partial charge in [0.25, 0.3) is 5.91 Å². The smallest absolute Gasteiger partial charge is 0.324 e. The third-order valence-corrected chi connectivity index (χ3v) is 4.89. The van der Waals surface area contributed by atoms with Gasteiger partial charge in [0.05, 0.1) is 0 Å². The van der Waals surface area contributed by atoms with Gasteiger partial charge in [-0.25, -0.2) is 0 Å². The molecule has 1 atom stereocenters. The van der Waals surface area contributed by atoms with E-state index in [0.717, 1.165) is 9.79 Å². The molecule has 0 radical (unpaired) electrons. The number of carbonyl (C=O) groups excluding carboxylic acids is 1. The topological polar surface area (TPSA) is 53.5 Å². The highest BCUT2D eigenvalue weighted by molar-refractivity contribution is 7.99. The van der Waals surface area contributed by atoms with Crippen LogP contribution in [0.3, 0.4) is 0 Å². The highest BCUT2D eigenvalue weighted by atomic mass is 32.2. The average Bonchev–Trinajstić information content (AvgIpc) is 3.02. The molecule has 0 saturated heterocycles. The van der Waals surface area contributed by atoms with Crippen molar-refractivity contribution in [3.8, 4) is 0 Å². The minimum atomic E-state index is -4.54. The lowest BCUT2D eigenvalue weighted by atomic mass is 9.95. The average molecular weight is 379 g/mol. The zero-order valence-electron chi connectivity index (χ0n) is 13.8. The standard InChI is InChI=1S/C18H16F3N3OS/c1-17(11-15(23-24-17)18(19,20)21)16(25)22-12-7-9-14(10-8-12)26-13-5-3-2-4-6-13/h2-10,24H,11H2,1H3,(H,22,25). The number of nitrogens with zero attached hydrogens (tertiary/aromatic N) is 1. The van der Waals surface area contributed by atoms with Gasteiger partial charge >= 0.3 is 6.18 Å². The van der Waals surface area contributed by atoms with Gasteiger partial charge in [-0.3, -0.25) is 10.2 Å². The number of hydrogen-bond donors (Lipinski definition) is 2. The number of carbonyl (C=O) groups is 1. The van der Waals surface area contributed by atoms with Crippen LogP contribution in [0.15, 0.2) is 69.5 Å². The molecule has 0 aliphatic carbocycles. The van der Waals surface area contributed by atoms with Crippen LogP contribution in [-0.2, 0) is 4.79 Å². The number of hydrogen-bond acceptors (Lipinski definition) is 4. The summed E-state index contributed by atoms with van der Waals surface area (Å²) in [7, 11) is 0. The molecule has 1 amide bonds. The van der Waals surface area contributed by atoms with Gasteiger partial charge in [0.15, 0.2) is 0 Å². The number of benzene rings is 2. The SMILES string of the molecule is CC1(C(=O)Nc2ccc(Sc3ccccc3)cc2)CC(C(F)(F)F)=NN1. The lowest BCUT2D eigenvalue weighted by molar-refractivity contribution is -0.121. The number of alkyl halides is 3. The molecule has 2 aromatic carbocycles. The van der Waals surface area contributed by atoms with E-state index in [1.165, 1.54) is 6.92 Å². The molecule has 0 aromatic heterocycles. The molecule has 1 aliphatic rings. The summed E-state index contributed by atoms with van der Waals surface area (Å²) in [4.78, 5) is 14.4. The van der Waals surface area contributed by atoms with Gasteiger partial charge < -0.3 is 5.32 Å². The van der Waals surface area contributed by atoms with Crippen LogP contribution >= 0.6 is 11.8 Å². The van der Waals surface area contributed by atoms with Gasteiger partial charge in [0, 0.05) is 21.9 Å². The van der Waals surface area contributed by atoms with Crippen molar-refractivity contribution in [3.63, 3.8) is 0 Å². The number of nitrogens with one attached hydrogen (secondary N) is 2. The fraction of sp³-hybridized carbons (Fsp3) is 0.222. The van der Waals surface area contributed by atoms with Gasteiger partial charge in [-0.15, -0.1) is 0 Å². The van der Waals surface area contributed by atoms with Crippen LogP contribution in [0.1, 0.15) is 13.3 Å². The summed E-state index contributed by atoms with van der Waals surface area (Å²) in [5.74, 6) is -0.566. The lowest BCUT2D eigenvalue weighted by Gasteiger charge is -2.22. The number of hydrazone groups is 1. The van der Waals surface area contributed by atoms with Crippen LogP contribution in [0.5, 0.6) is 0 Å². The second-order valence-electron chi connectivity index (χ2n) is 6.07. The predicted octanol–water partition coefficient (Wildman–Crippen LogP) is 4.45. The Hall–Kier alpha value is -2.48. The van der Waals surface area contributed by atoms with Crippen molar-refractivity contribution in [1.82, 2.24) is 5.43 Å². The van der Waals surface area contributed by atoms with Crippen LogP contribution in [-0.4, -0.2) is 23.3 Å². The number of anilines is 1. The molecule has 4 nitrogen and oxygen atoms in total. The first-order valence-electron chi connectivity index (χ1n) is 7.82. The molecule has 0 fully saturated rings. The predicted molar refractivity (Wildman–Crippen MR) is 95.3 cm³/mol. The maximum absolute atomic E-state index is 12.7. The summed E-state index contributed by atoms with van der Waals surface area (Å²) in [6.07, 6.45) is -5.05. The number of halogens is 3. The zero-order chi connectivity index (χ0) is 18.8. The van der Waals surface area contributed by atoms with E-state index in [1.807, 2.05) is 42.5 Å². The minimum absolute atomic E-state index is 0.510. The fourth-order valence-electron chi connectivity index (χ4n) is 2.40. The van der Waals surface area contributed by atoms with E-state index in [-0.39, 0.29) is 0 Å². The molecule has 0 spiro atoms. The molecule has 1 aliphatic heterocycles. The molecule has 26 heavy (non-hydrogen) atoms. The molecule has 0 bridgehead atoms. The molecule has 8 heteroatoms. The Morgan fingerprint density at radius 1 is 1.12 bits per heavy atom. The Labute approximate surface area is 152 Å². The third-order valence-electron chi connectivity index (χ3n) is 3.88. The van der Waals surface area contributed by atoms with E-state index in [9.17, 15) is 18.0 Å². The molecule has 2 aromatic rings. The number of amides is 1. The molecular formula is C18H16F3N3OS. The summed E-state index contributed by atoms with van der Waals surface area (Å²) in [5, 5.41) is 5.90. The van der Waals surface area contributed by atoms with Gasteiger partial charge in [0.1, 0.15) is 11.3 Å². The minimum Gasteiger partial charge on any atom is -0.324 e. The summed E-state index contributed by atoms with van der Waals surface area (Å²) < 4.78 is 38.1. The van der Waals surface area contributed by atoms with Crippen molar-refractivity contribution in [3.05, 3.63) is 54.6 Å². The van der Waals surface area contributed by atoms with E-state index >= 15 is 0 Å². The summed E-state index contributed by atoms with van der Waals surface area (Å²) in [6, 6.07) is 16.9. The Balaban J connectivity index is 1.62. The van der Waals surface area contributed by atoms with Crippen molar-refractivity contribution in [2.45, 2.75) is 34.9 Å². The number of rotatable bonds is 4. The van der Waals surface area contributed by atoms with Crippen LogP contribution in [0, 0.1) is 0 Å². The molecule has 3 rings (SSSR count). The molecule has 0 saturated carbocycles. The van der Waals surface area contributed by atoms with Crippen molar-refractivity contribution in [1.29, 1.82) is 0 Å². The maximum atomic E-state index is 12.7. The van der Waals surface area contributed by atoms with E-state index in [2.05, 4.69) is 15.8 Å². The molecule has 2 N–H and O–H groups in total. The van der Waals surface area contributed by atoms with E-state index in [4.69, 9.17) is 0 Å². The third kappa shape index (κ3) is 4.19. The normalized spacial score (nSPS) is 19.6. The molecule has 136 valence electrons.